The van der Waals surface area contributed by atoms with Crippen LogP contribution in [0, 0.1) is 0 Å². The van der Waals surface area contributed by atoms with Crippen molar-refractivity contribution in [3.63, 3.8) is 0 Å². The molecular weight excluding hydrogens is 272 g/mol. The molecule has 0 unspecified atom stereocenters. The molecule has 0 aliphatic heterocycles. The number of nitrogens with zero attached hydrogens (tertiary/aromatic N) is 1. The lowest BCUT2D eigenvalue weighted by Crippen LogP contribution is -2.16. The number of nitrogens with two attached hydrogens (primary N) is 2. The minimum atomic E-state index is -0.598. The Morgan fingerprint density at radius 2 is 2.00 bits per heavy atom. The average Bonchev–Trinajstić information content (AvgIpc) is 2.47. The van der Waals surface area contributed by atoms with E-state index in [1.807, 2.05) is 0 Å². The third-order valence-corrected chi connectivity index (χ3v) is 2.75. The number of hydrogen-bond acceptors (Lipinski definition) is 5. The van der Waals surface area contributed by atoms with Gasteiger partial charge in [0.15, 0.2) is 0 Å². The Balaban J connectivity index is 2.29. The molecule has 0 atom stereocenters. The summed E-state index contributed by atoms with van der Waals surface area (Å²) in [5.41, 5.74) is 12.0. The number of benzene rings is 1. The molecule has 2 aromatic rings. The molecule has 0 saturated carbocycles. The van der Waals surface area contributed by atoms with Crippen molar-refractivity contribution >= 4 is 23.2 Å². The van der Waals surface area contributed by atoms with Crippen molar-refractivity contribution in [1.82, 2.24) is 4.98 Å². The fourth-order valence-electron chi connectivity index (χ4n) is 1.68. The number of carbonyl (C=O) groups is 2. The Morgan fingerprint density at radius 1 is 1.24 bits per heavy atom. The first kappa shape index (κ1) is 14.3. The number of nitrogen functional groups attached to an aromatic ring is 1. The molecule has 108 valence electrons. The largest absolute Gasteiger partial charge is 0.495 e. The van der Waals surface area contributed by atoms with Crippen LogP contribution in [0.5, 0.6) is 5.75 Å². The van der Waals surface area contributed by atoms with Gasteiger partial charge in [0.2, 0.25) is 5.91 Å². The van der Waals surface area contributed by atoms with Crippen LogP contribution in [-0.2, 0) is 0 Å². The summed E-state index contributed by atoms with van der Waals surface area (Å²) in [5, 5.41) is 2.62. The Labute approximate surface area is 120 Å². The minimum absolute atomic E-state index is 0.190. The van der Waals surface area contributed by atoms with Crippen LogP contribution in [-0.4, -0.2) is 23.9 Å². The molecule has 1 aromatic heterocycles. The molecule has 5 N–H and O–H groups in total. The number of hydrogen-bond donors (Lipinski definition) is 3. The quantitative estimate of drug-likeness (QED) is 0.775. The van der Waals surface area contributed by atoms with Gasteiger partial charge in [-0.25, -0.2) is 4.98 Å². The Morgan fingerprint density at radius 3 is 2.57 bits per heavy atom. The van der Waals surface area contributed by atoms with E-state index in [1.165, 1.54) is 31.5 Å². The van der Waals surface area contributed by atoms with Gasteiger partial charge in [-0.3, -0.25) is 9.59 Å². The first-order valence-electron chi connectivity index (χ1n) is 6.02. The zero-order valence-corrected chi connectivity index (χ0v) is 11.3. The topological polar surface area (TPSA) is 120 Å². The zero-order valence-electron chi connectivity index (χ0n) is 11.3. The molecule has 0 bridgehead atoms. The molecule has 21 heavy (non-hydrogen) atoms. The van der Waals surface area contributed by atoms with Crippen molar-refractivity contribution in [2.24, 2.45) is 5.73 Å². The van der Waals surface area contributed by atoms with Gasteiger partial charge in [0.1, 0.15) is 11.4 Å². The van der Waals surface area contributed by atoms with E-state index in [0.717, 1.165) is 0 Å². The number of methoxy groups -OCH3 is 1. The molecule has 7 nitrogen and oxygen atoms in total. The Hall–Kier alpha value is -3.09. The molecule has 0 fully saturated rings. The number of carbonyl (C=O) groups excluding carboxylic acids is 2. The van der Waals surface area contributed by atoms with E-state index < -0.39 is 11.8 Å². The summed E-state index contributed by atoms with van der Waals surface area (Å²) in [7, 11) is 1.45. The van der Waals surface area contributed by atoms with E-state index in [2.05, 4.69) is 10.3 Å². The standard InChI is InChI=1S/C14H14N4O3/c1-21-12-5-2-8(13(16)19)6-11(12)18-14(20)10-4-3-9(15)7-17-10/h2-7H,15H2,1H3,(H2,16,19)(H,18,20). The van der Waals surface area contributed by atoms with Crippen molar-refractivity contribution in [2.45, 2.75) is 0 Å². The van der Waals surface area contributed by atoms with Gasteiger partial charge in [0.05, 0.1) is 24.7 Å². The van der Waals surface area contributed by atoms with Crippen molar-refractivity contribution in [1.29, 1.82) is 0 Å². The second kappa shape index (κ2) is 5.91. The number of pyridine rings is 1. The Kier molecular flexibility index (Phi) is 4.03. The van der Waals surface area contributed by atoms with Crippen LogP contribution < -0.4 is 21.5 Å². The predicted octanol–water partition coefficient (Wildman–Crippen LogP) is 1.02. The van der Waals surface area contributed by atoms with Gasteiger partial charge in [-0.05, 0) is 30.3 Å². The summed E-state index contributed by atoms with van der Waals surface area (Å²) in [6.45, 7) is 0. The monoisotopic (exact) mass is 286 g/mol. The second-order valence-corrected chi connectivity index (χ2v) is 4.21. The Bertz CT molecular complexity index is 683. The fourth-order valence-corrected chi connectivity index (χ4v) is 1.68. The molecule has 0 radical (unpaired) electrons. The van der Waals surface area contributed by atoms with Crippen LogP contribution in [0.3, 0.4) is 0 Å². The summed E-state index contributed by atoms with van der Waals surface area (Å²) in [6, 6.07) is 7.56. The number of nitrogens with one attached hydrogen (secondary N) is 1. The van der Waals surface area contributed by atoms with Gasteiger partial charge in [-0.2, -0.15) is 0 Å². The van der Waals surface area contributed by atoms with E-state index in [0.29, 0.717) is 17.1 Å². The minimum Gasteiger partial charge on any atom is -0.495 e. The molecule has 0 saturated heterocycles. The SMILES string of the molecule is COc1ccc(C(N)=O)cc1NC(=O)c1ccc(N)cn1. The maximum atomic E-state index is 12.1. The molecule has 7 heteroatoms. The van der Waals surface area contributed by atoms with Gasteiger partial charge in [0, 0.05) is 5.56 Å². The molecule has 2 amide bonds. The summed E-state index contributed by atoms with van der Waals surface area (Å²) in [5.74, 6) is -0.641. The number of amides is 2. The highest BCUT2D eigenvalue weighted by atomic mass is 16.5. The van der Waals surface area contributed by atoms with E-state index >= 15 is 0 Å². The number of aromatic nitrogens is 1. The van der Waals surface area contributed by atoms with Crippen molar-refractivity contribution in [2.75, 3.05) is 18.2 Å². The molecule has 0 spiro atoms. The van der Waals surface area contributed by atoms with Gasteiger partial charge < -0.3 is 21.5 Å². The number of rotatable bonds is 4. The number of anilines is 2. The van der Waals surface area contributed by atoms with Crippen LogP contribution in [0.1, 0.15) is 20.8 Å². The third-order valence-electron chi connectivity index (χ3n) is 2.75. The third kappa shape index (κ3) is 3.27. The van der Waals surface area contributed by atoms with E-state index in [1.54, 1.807) is 12.1 Å². The van der Waals surface area contributed by atoms with Crippen molar-refractivity contribution < 1.29 is 14.3 Å². The van der Waals surface area contributed by atoms with Crippen LogP contribution >= 0.6 is 0 Å². The van der Waals surface area contributed by atoms with Gasteiger partial charge in [-0.15, -0.1) is 0 Å². The molecule has 1 heterocycles. The maximum Gasteiger partial charge on any atom is 0.274 e. The number of ether oxygens (including phenoxy) is 1. The molecular formula is C14H14N4O3. The maximum absolute atomic E-state index is 12.1. The van der Waals surface area contributed by atoms with Gasteiger partial charge >= 0.3 is 0 Å². The second-order valence-electron chi connectivity index (χ2n) is 4.21. The normalized spacial score (nSPS) is 9.95. The summed E-state index contributed by atoms with van der Waals surface area (Å²) >= 11 is 0. The lowest BCUT2D eigenvalue weighted by molar-refractivity contribution is 0.0995. The molecule has 1 aromatic carbocycles. The zero-order chi connectivity index (χ0) is 15.4. The average molecular weight is 286 g/mol. The van der Waals surface area contributed by atoms with E-state index in [-0.39, 0.29) is 11.3 Å². The summed E-state index contributed by atoms with van der Waals surface area (Å²) in [6.07, 6.45) is 1.38. The van der Waals surface area contributed by atoms with Crippen molar-refractivity contribution in [3.8, 4) is 5.75 Å². The van der Waals surface area contributed by atoms with Crippen LogP contribution in [0.4, 0.5) is 11.4 Å². The summed E-state index contributed by atoms with van der Waals surface area (Å²) in [4.78, 5) is 27.2. The van der Waals surface area contributed by atoms with Gasteiger partial charge in [-0.1, -0.05) is 0 Å². The fraction of sp³-hybridized carbons (Fsp3) is 0.0714. The molecule has 0 aliphatic carbocycles. The van der Waals surface area contributed by atoms with Crippen molar-refractivity contribution in [3.05, 3.63) is 47.8 Å². The smallest absolute Gasteiger partial charge is 0.274 e. The highest BCUT2D eigenvalue weighted by Gasteiger charge is 2.13. The van der Waals surface area contributed by atoms with Crippen LogP contribution in [0.15, 0.2) is 36.5 Å². The van der Waals surface area contributed by atoms with E-state index in [9.17, 15) is 9.59 Å². The lowest BCUT2D eigenvalue weighted by atomic mass is 10.1. The van der Waals surface area contributed by atoms with Gasteiger partial charge in [0.25, 0.3) is 5.91 Å². The summed E-state index contributed by atoms with van der Waals surface area (Å²) < 4.78 is 5.13. The highest BCUT2D eigenvalue weighted by Crippen LogP contribution is 2.25. The predicted molar refractivity (Wildman–Crippen MR) is 78.1 cm³/mol. The van der Waals surface area contributed by atoms with E-state index in [4.69, 9.17) is 16.2 Å². The van der Waals surface area contributed by atoms with Crippen LogP contribution in [0.25, 0.3) is 0 Å². The first-order valence-corrected chi connectivity index (χ1v) is 6.02. The lowest BCUT2D eigenvalue weighted by Gasteiger charge is -2.11. The van der Waals surface area contributed by atoms with Crippen LogP contribution in [0.2, 0.25) is 0 Å². The molecule has 0 aliphatic rings. The number of primary amides is 1. The highest BCUT2D eigenvalue weighted by molar-refractivity contribution is 6.04. The first-order chi connectivity index (χ1) is 10.0. The molecule has 2 rings (SSSR count).